The number of anilines is 2. The van der Waals surface area contributed by atoms with Gasteiger partial charge < -0.3 is 15.4 Å². The molecule has 2 aromatic heterocycles. The van der Waals surface area contributed by atoms with Crippen molar-refractivity contribution in [1.29, 1.82) is 0 Å². The number of hydrogen-bond donors (Lipinski definition) is 2. The molecular formula is C43H43N9O5. The molecule has 0 radical (unpaired) electrons. The van der Waals surface area contributed by atoms with Crippen molar-refractivity contribution in [3.63, 3.8) is 0 Å². The Labute approximate surface area is 329 Å². The van der Waals surface area contributed by atoms with Crippen molar-refractivity contribution in [2.75, 3.05) is 36.8 Å². The van der Waals surface area contributed by atoms with Crippen LogP contribution in [0.15, 0.2) is 79.1 Å². The second-order valence-electron chi connectivity index (χ2n) is 16.2. The highest BCUT2D eigenvalue weighted by Crippen LogP contribution is 2.48. The Balaban J connectivity index is 0.790. The van der Waals surface area contributed by atoms with E-state index in [1.54, 1.807) is 12.1 Å². The number of amides is 4. The number of nitrogens with two attached hydrogens (primary N) is 1. The molecule has 14 nitrogen and oxygen atoms in total. The van der Waals surface area contributed by atoms with Gasteiger partial charge in [0.1, 0.15) is 35.4 Å². The van der Waals surface area contributed by atoms with Gasteiger partial charge in [-0.3, -0.25) is 34.3 Å². The van der Waals surface area contributed by atoms with Gasteiger partial charge in [0.15, 0.2) is 5.65 Å². The predicted molar refractivity (Wildman–Crippen MR) is 212 cm³/mol. The maximum Gasteiger partial charge on any atom is 0.262 e. The summed E-state index contributed by atoms with van der Waals surface area (Å²) >= 11 is 0. The summed E-state index contributed by atoms with van der Waals surface area (Å²) in [7, 11) is 0. The molecule has 3 N–H and O–H groups in total. The summed E-state index contributed by atoms with van der Waals surface area (Å²) in [6.45, 7) is 3.83. The number of ether oxygens (including phenoxy) is 1. The molecule has 3 aromatic carbocycles. The largest absolute Gasteiger partial charge is 0.457 e. The van der Waals surface area contributed by atoms with Gasteiger partial charge in [-0.25, -0.2) is 14.6 Å². The number of nitrogens with zero attached hydrogens (tertiary/aromatic N) is 7. The van der Waals surface area contributed by atoms with Crippen LogP contribution in [0.3, 0.4) is 0 Å². The van der Waals surface area contributed by atoms with Gasteiger partial charge in [0.25, 0.3) is 11.8 Å². The third-order valence-corrected chi connectivity index (χ3v) is 12.8. The number of piperidine rings is 2. The Hall–Kier alpha value is -6.15. The molecule has 4 amide bonds. The van der Waals surface area contributed by atoms with Crippen molar-refractivity contribution in [2.45, 2.75) is 69.5 Å². The highest BCUT2D eigenvalue weighted by atomic mass is 16.5. The summed E-state index contributed by atoms with van der Waals surface area (Å²) in [5.74, 6) is -0.00766. The average molecular weight is 766 g/mol. The van der Waals surface area contributed by atoms with E-state index in [4.69, 9.17) is 20.6 Å². The minimum absolute atomic E-state index is 0.0957. The maximum atomic E-state index is 13.4. The summed E-state index contributed by atoms with van der Waals surface area (Å²) < 4.78 is 8.11. The molecule has 5 aliphatic rings. The lowest BCUT2D eigenvalue weighted by molar-refractivity contribution is -0.136. The first kappa shape index (κ1) is 35.3. The molecule has 0 bridgehead atoms. The predicted octanol–water partition coefficient (Wildman–Crippen LogP) is 5.36. The number of fused-ring (bicyclic) bond motifs is 2. The number of likely N-dealkylation sites (tertiary alicyclic amines) is 1. The maximum absolute atomic E-state index is 13.4. The number of benzene rings is 3. The van der Waals surface area contributed by atoms with Crippen LogP contribution in [0.5, 0.6) is 11.5 Å². The molecule has 6 heterocycles. The third-order valence-electron chi connectivity index (χ3n) is 12.8. The average Bonchev–Trinajstić information content (AvgIpc) is 3.71. The van der Waals surface area contributed by atoms with Crippen LogP contribution in [0.4, 0.5) is 11.5 Å². The Morgan fingerprint density at radius 2 is 1.56 bits per heavy atom. The van der Waals surface area contributed by atoms with Crippen LogP contribution >= 0.6 is 0 Å². The van der Waals surface area contributed by atoms with Crippen LogP contribution < -0.4 is 20.7 Å². The first-order valence-electron chi connectivity index (χ1n) is 19.9. The molecule has 4 fully saturated rings. The van der Waals surface area contributed by atoms with Gasteiger partial charge in [0.2, 0.25) is 11.8 Å². The van der Waals surface area contributed by atoms with Gasteiger partial charge >= 0.3 is 0 Å². The molecule has 1 unspecified atom stereocenters. The smallest absolute Gasteiger partial charge is 0.262 e. The summed E-state index contributed by atoms with van der Waals surface area (Å²) in [4.78, 5) is 65.7. The molecule has 1 atom stereocenters. The van der Waals surface area contributed by atoms with Crippen molar-refractivity contribution < 1.29 is 23.9 Å². The van der Waals surface area contributed by atoms with E-state index >= 15 is 0 Å². The highest BCUT2D eigenvalue weighted by Gasteiger charge is 2.46. The normalized spacial score (nSPS) is 24.2. The molecule has 57 heavy (non-hydrogen) atoms. The zero-order valence-electron chi connectivity index (χ0n) is 31.5. The molecule has 10 rings (SSSR count). The Morgan fingerprint density at radius 3 is 2.33 bits per heavy atom. The number of rotatable bonds is 7. The second kappa shape index (κ2) is 13.8. The van der Waals surface area contributed by atoms with Crippen LogP contribution in [0.2, 0.25) is 0 Å². The molecular weight excluding hydrogens is 723 g/mol. The van der Waals surface area contributed by atoms with Crippen molar-refractivity contribution in [2.24, 2.45) is 5.41 Å². The number of nitrogen functional groups attached to an aromatic ring is 1. The lowest BCUT2D eigenvalue weighted by Gasteiger charge is -2.53. The minimum Gasteiger partial charge on any atom is -0.457 e. The molecule has 1 aliphatic carbocycles. The number of aromatic nitrogens is 4. The lowest BCUT2D eigenvalue weighted by Crippen LogP contribution is -2.62. The fourth-order valence-corrected chi connectivity index (χ4v) is 9.74. The Bertz CT molecular complexity index is 2420. The molecule has 1 saturated carbocycles. The fourth-order valence-electron chi connectivity index (χ4n) is 9.74. The molecule has 4 aliphatic heterocycles. The van der Waals surface area contributed by atoms with E-state index in [0.717, 1.165) is 103 Å². The molecule has 5 aromatic rings. The number of nitrogens with one attached hydrogen (secondary N) is 1. The van der Waals surface area contributed by atoms with Crippen molar-refractivity contribution >= 4 is 46.2 Å². The minimum atomic E-state index is -0.970. The van der Waals surface area contributed by atoms with Crippen LogP contribution in [0, 0.1) is 5.41 Å². The number of imide groups is 2. The number of carbonyl (C=O) groups excluding carboxylic acids is 4. The first-order valence-corrected chi connectivity index (χ1v) is 19.9. The van der Waals surface area contributed by atoms with E-state index in [0.29, 0.717) is 23.0 Å². The van der Waals surface area contributed by atoms with Gasteiger partial charge in [-0.15, -0.1) is 0 Å². The Morgan fingerprint density at radius 1 is 0.807 bits per heavy atom. The summed E-state index contributed by atoms with van der Waals surface area (Å²) in [5, 5.41) is 8.20. The fraction of sp³-hybridized carbons (Fsp3) is 0.372. The van der Waals surface area contributed by atoms with E-state index in [-0.39, 0.29) is 30.2 Å². The van der Waals surface area contributed by atoms with Crippen LogP contribution in [-0.4, -0.2) is 91.4 Å². The quantitative estimate of drug-likeness (QED) is 0.205. The molecule has 290 valence electrons. The van der Waals surface area contributed by atoms with E-state index < -0.39 is 23.8 Å². The SMILES string of the molecule is Nc1ncnc2c1c(-c1ccc(Oc3ccccc3)cc1)nn2C1CCC2(CCCN(C3CN(c4ccc5c(c4)C(=O)N(C4CCC(=O)NC4=O)C5=O)C3)C2)CC1. The van der Waals surface area contributed by atoms with E-state index in [2.05, 4.69) is 24.8 Å². The van der Waals surface area contributed by atoms with E-state index in [1.807, 2.05) is 60.7 Å². The Kier molecular flexibility index (Phi) is 8.54. The zero-order valence-corrected chi connectivity index (χ0v) is 31.5. The van der Waals surface area contributed by atoms with Crippen LogP contribution in [-0.2, 0) is 9.59 Å². The van der Waals surface area contributed by atoms with Gasteiger partial charge in [-0.1, -0.05) is 18.2 Å². The number of para-hydroxylation sites is 1. The topological polar surface area (TPSA) is 169 Å². The van der Waals surface area contributed by atoms with Crippen LogP contribution in [0.25, 0.3) is 22.3 Å². The monoisotopic (exact) mass is 765 g/mol. The summed E-state index contributed by atoms with van der Waals surface area (Å²) in [6.07, 6.45) is 8.37. The first-order chi connectivity index (χ1) is 27.7. The van der Waals surface area contributed by atoms with E-state index in [9.17, 15) is 19.2 Å². The highest BCUT2D eigenvalue weighted by molar-refractivity contribution is 6.23. The summed E-state index contributed by atoms with van der Waals surface area (Å²) in [5.41, 5.74) is 10.7. The standard InChI is InChI=1S/C43H43N9O5/c44-38-36-37(26-7-10-31(11-8-26)57-30-5-2-1-3-6-30)48-52(39(36)46-25-45-38)27-15-18-43(19-16-27)17-4-20-49(24-43)29-22-50(23-29)28-9-12-32-33(21-28)42(56)51(41(32)55)34-13-14-35(53)47-40(34)54/h1-3,5-12,21,25,27,29,34H,4,13-20,22-24H2,(H2,44,45,46)(H,47,53,54). The number of carbonyl (C=O) groups is 4. The lowest BCUT2D eigenvalue weighted by atomic mass is 9.67. The molecule has 3 saturated heterocycles. The van der Waals surface area contributed by atoms with Crippen molar-refractivity contribution in [1.82, 2.24) is 34.9 Å². The van der Waals surface area contributed by atoms with Crippen molar-refractivity contribution in [3.8, 4) is 22.8 Å². The van der Waals surface area contributed by atoms with Gasteiger partial charge in [0, 0.05) is 43.3 Å². The van der Waals surface area contributed by atoms with Gasteiger partial charge in [0.05, 0.1) is 22.6 Å². The summed E-state index contributed by atoms with van der Waals surface area (Å²) in [6, 6.07) is 22.6. The van der Waals surface area contributed by atoms with Crippen molar-refractivity contribution in [3.05, 3.63) is 90.3 Å². The number of hydrogen-bond acceptors (Lipinski definition) is 11. The third kappa shape index (κ3) is 6.18. The van der Waals surface area contributed by atoms with Gasteiger partial charge in [-0.2, -0.15) is 5.10 Å². The zero-order chi connectivity index (χ0) is 38.8. The van der Waals surface area contributed by atoms with Gasteiger partial charge in [-0.05, 0) is 112 Å². The molecule has 14 heteroatoms. The molecule has 1 spiro atoms. The van der Waals surface area contributed by atoms with Crippen LogP contribution in [0.1, 0.15) is 78.1 Å². The second-order valence-corrected chi connectivity index (χ2v) is 16.2. The van der Waals surface area contributed by atoms with E-state index in [1.165, 1.54) is 12.7 Å².